The SMILES string of the molecule is C[C@]12CCC(=O)C=C1CC[C@H]1[C@@H]3CC[C@](O)(C(=O)CO)[C@@]3(C)C[C@H](O)[C@@]12C(=O)O. The highest BCUT2D eigenvalue weighted by molar-refractivity contribution is 5.93. The Labute approximate surface area is 169 Å². The Kier molecular flexibility index (Phi) is 4.44. The number of fused-ring (bicyclic) bond motifs is 5. The lowest BCUT2D eigenvalue weighted by molar-refractivity contribution is -0.229. The summed E-state index contributed by atoms with van der Waals surface area (Å²) in [5.74, 6) is -2.43. The number of rotatable bonds is 3. The van der Waals surface area contributed by atoms with E-state index < -0.39 is 52.2 Å². The van der Waals surface area contributed by atoms with Gasteiger partial charge in [0.1, 0.15) is 17.6 Å². The number of aliphatic carboxylic acids is 1. The lowest BCUT2D eigenvalue weighted by Crippen LogP contribution is -2.70. The van der Waals surface area contributed by atoms with Gasteiger partial charge in [-0.05, 0) is 56.4 Å². The van der Waals surface area contributed by atoms with Crippen molar-refractivity contribution >= 4 is 17.5 Å². The molecule has 0 aromatic carbocycles. The second-order valence-corrected chi connectivity index (χ2v) is 10.0. The molecule has 0 bridgehead atoms. The first kappa shape index (κ1) is 20.7. The number of allylic oxidation sites excluding steroid dienone is 1. The molecule has 4 N–H and O–H groups in total. The van der Waals surface area contributed by atoms with Crippen molar-refractivity contribution in [1.29, 1.82) is 0 Å². The zero-order valence-corrected chi connectivity index (χ0v) is 17.0. The highest BCUT2D eigenvalue weighted by Gasteiger charge is 2.76. The van der Waals surface area contributed by atoms with Gasteiger partial charge in [0.15, 0.2) is 11.6 Å². The quantitative estimate of drug-likeness (QED) is 0.554. The van der Waals surface area contributed by atoms with Crippen LogP contribution in [0.1, 0.15) is 58.8 Å². The lowest BCUT2D eigenvalue weighted by Gasteiger charge is -2.65. The third-order valence-electron chi connectivity index (χ3n) is 9.31. The lowest BCUT2D eigenvalue weighted by atomic mass is 9.38. The van der Waals surface area contributed by atoms with Crippen LogP contribution in [-0.2, 0) is 14.4 Å². The molecule has 4 rings (SSSR count). The molecule has 160 valence electrons. The van der Waals surface area contributed by atoms with Crippen LogP contribution in [0.4, 0.5) is 0 Å². The Morgan fingerprint density at radius 2 is 1.83 bits per heavy atom. The molecule has 0 radical (unpaired) electrons. The summed E-state index contributed by atoms with van der Waals surface area (Å²) in [6, 6.07) is 0. The van der Waals surface area contributed by atoms with E-state index in [9.17, 15) is 34.8 Å². The molecule has 0 aromatic heterocycles. The van der Waals surface area contributed by atoms with E-state index in [-0.39, 0.29) is 31.0 Å². The summed E-state index contributed by atoms with van der Waals surface area (Å²) in [6.45, 7) is 2.83. The van der Waals surface area contributed by atoms with Gasteiger partial charge in [-0.3, -0.25) is 14.4 Å². The molecule has 0 unspecified atom stereocenters. The van der Waals surface area contributed by atoms with E-state index >= 15 is 0 Å². The Morgan fingerprint density at radius 1 is 1.14 bits per heavy atom. The van der Waals surface area contributed by atoms with E-state index in [1.807, 2.05) is 6.92 Å². The predicted octanol–water partition coefficient (Wildman–Crippen LogP) is 1.24. The van der Waals surface area contributed by atoms with E-state index in [0.29, 0.717) is 25.7 Å². The van der Waals surface area contributed by atoms with Crippen LogP contribution in [0.2, 0.25) is 0 Å². The fourth-order valence-electron chi connectivity index (χ4n) is 7.79. The van der Waals surface area contributed by atoms with Gasteiger partial charge in [0.2, 0.25) is 0 Å². The van der Waals surface area contributed by atoms with Crippen LogP contribution in [0.3, 0.4) is 0 Å². The molecule has 4 aliphatic rings. The summed E-state index contributed by atoms with van der Waals surface area (Å²) in [5.41, 5.74) is -4.28. The number of carbonyl (C=O) groups is 3. The topological polar surface area (TPSA) is 132 Å². The molecule has 0 saturated heterocycles. The van der Waals surface area contributed by atoms with Crippen molar-refractivity contribution in [2.24, 2.45) is 28.1 Å². The molecule has 7 atom stereocenters. The molecule has 3 fully saturated rings. The number of hydrogen-bond donors (Lipinski definition) is 4. The second kappa shape index (κ2) is 6.22. The first-order valence-electron chi connectivity index (χ1n) is 10.5. The smallest absolute Gasteiger partial charge is 0.313 e. The van der Waals surface area contributed by atoms with Gasteiger partial charge in [0.05, 0.1) is 6.10 Å². The molecule has 7 nitrogen and oxygen atoms in total. The van der Waals surface area contributed by atoms with E-state index in [1.54, 1.807) is 13.0 Å². The minimum Gasteiger partial charge on any atom is -0.481 e. The number of hydrogen-bond acceptors (Lipinski definition) is 6. The van der Waals surface area contributed by atoms with Gasteiger partial charge in [-0.25, -0.2) is 0 Å². The summed E-state index contributed by atoms with van der Waals surface area (Å²) < 4.78 is 0. The third kappa shape index (κ3) is 2.21. The van der Waals surface area contributed by atoms with Gasteiger partial charge >= 0.3 is 5.97 Å². The summed E-state index contributed by atoms with van der Waals surface area (Å²) >= 11 is 0. The largest absolute Gasteiger partial charge is 0.481 e. The number of carboxylic acid groups (broad SMARTS) is 1. The van der Waals surface area contributed by atoms with Crippen molar-refractivity contribution in [3.05, 3.63) is 11.6 Å². The number of ketones is 2. The predicted molar refractivity (Wildman–Crippen MR) is 102 cm³/mol. The van der Waals surface area contributed by atoms with E-state index in [4.69, 9.17) is 0 Å². The molecule has 0 aromatic rings. The maximum Gasteiger partial charge on any atom is 0.313 e. The van der Waals surface area contributed by atoms with Crippen molar-refractivity contribution in [2.45, 2.75) is 70.5 Å². The van der Waals surface area contributed by atoms with Gasteiger partial charge in [-0.15, -0.1) is 0 Å². The van der Waals surface area contributed by atoms with Crippen LogP contribution in [0.15, 0.2) is 11.6 Å². The van der Waals surface area contributed by atoms with Crippen molar-refractivity contribution in [2.75, 3.05) is 6.61 Å². The average Bonchev–Trinajstić information content (AvgIpc) is 2.92. The zero-order chi connectivity index (χ0) is 21.4. The van der Waals surface area contributed by atoms with Crippen LogP contribution in [0.5, 0.6) is 0 Å². The van der Waals surface area contributed by atoms with E-state index in [0.717, 1.165) is 5.57 Å². The van der Waals surface area contributed by atoms with E-state index in [1.165, 1.54) is 0 Å². The maximum atomic E-state index is 12.9. The first-order chi connectivity index (χ1) is 13.5. The standard InChI is InChI=1S/C22H30O7/c1-19-7-5-13(24)9-12(19)3-4-15-14-6-8-21(29,17(26)11-23)20(14,2)10-16(25)22(15,19)18(27)28/h9,14-16,23,25,29H,3-8,10-11H2,1-2H3,(H,27,28)/t14-,15-,16-,19-,20-,21-,22+/m0/s1. The maximum absolute atomic E-state index is 12.9. The number of aliphatic hydroxyl groups excluding tert-OH is 2. The molecule has 0 aliphatic heterocycles. The zero-order valence-electron chi connectivity index (χ0n) is 17.0. The highest BCUT2D eigenvalue weighted by Crippen LogP contribution is 2.72. The Hall–Kier alpha value is -1.57. The molecule has 0 spiro atoms. The minimum absolute atomic E-state index is 0.00427. The van der Waals surface area contributed by atoms with Gasteiger partial charge in [-0.1, -0.05) is 19.4 Å². The van der Waals surface area contributed by atoms with Crippen LogP contribution in [-0.4, -0.2) is 56.3 Å². The third-order valence-corrected chi connectivity index (χ3v) is 9.31. The fraction of sp³-hybridized carbons (Fsp3) is 0.773. The average molecular weight is 406 g/mol. The van der Waals surface area contributed by atoms with Crippen molar-refractivity contribution < 1.29 is 34.8 Å². The Morgan fingerprint density at radius 3 is 2.45 bits per heavy atom. The van der Waals surface area contributed by atoms with Crippen LogP contribution >= 0.6 is 0 Å². The highest BCUT2D eigenvalue weighted by atomic mass is 16.4. The molecule has 7 heteroatoms. The number of Topliss-reactive ketones (excluding diaryl/α,β-unsaturated/α-hetero) is 1. The number of aliphatic hydroxyl groups is 3. The first-order valence-corrected chi connectivity index (χ1v) is 10.5. The Balaban J connectivity index is 1.88. The van der Waals surface area contributed by atoms with Gasteiger partial charge in [0, 0.05) is 17.3 Å². The molecule has 29 heavy (non-hydrogen) atoms. The summed E-state index contributed by atoms with van der Waals surface area (Å²) in [5, 5.41) is 42.6. The van der Waals surface area contributed by atoms with Crippen LogP contribution in [0, 0.1) is 28.1 Å². The van der Waals surface area contributed by atoms with Crippen molar-refractivity contribution in [3.8, 4) is 0 Å². The van der Waals surface area contributed by atoms with Crippen molar-refractivity contribution in [3.63, 3.8) is 0 Å². The molecule has 0 heterocycles. The van der Waals surface area contributed by atoms with Gasteiger partial charge in [0.25, 0.3) is 0 Å². The minimum atomic E-state index is -1.77. The number of carboxylic acids is 1. The summed E-state index contributed by atoms with van der Waals surface area (Å²) in [6.07, 6.45) is 2.60. The molecule has 4 aliphatic carbocycles. The van der Waals surface area contributed by atoms with Gasteiger partial charge < -0.3 is 20.4 Å². The van der Waals surface area contributed by atoms with Crippen LogP contribution < -0.4 is 0 Å². The van der Waals surface area contributed by atoms with Gasteiger partial charge in [-0.2, -0.15) is 0 Å². The number of carbonyl (C=O) groups excluding carboxylic acids is 2. The summed E-state index contributed by atoms with van der Waals surface area (Å²) in [7, 11) is 0. The van der Waals surface area contributed by atoms with Crippen molar-refractivity contribution in [1.82, 2.24) is 0 Å². The molecule has 3 saturated carbocycles. The molecular formula is C22H30O7. The van der Waals surface area contributed by atoms with Crippen LogP contribution in [0.25, 0.3) is 0 Å². The molecular weight excluding hydrogens is 376 g/mol. The fourth-order valence-corrected chi connectivity index (χ4v) is 7.79. The summed E-state index contributed by atoms with van der Waals surface area (Å²) in [4.78, 5) is 37.3. The molecule has 0 amide bonds. The Bertz CT molecular complexity index is 818. The monoisotopic (exact) mass is 406 g/mol. The second-order valence-electron chi connectivity index (χ2n) is 10.0. The van der Waals surface area contributed by atoms with E-state index in [2.05, 4.69) is 0 Å². The normalized spacial score (nSPS) is 48.9.